The molecule has 1 rings (SSSR count). The Morgan fingerprint density at radius 3 is 1.77 bits per heavy atom. The highest BCUT2D eigenvalue weighted by molar-refractivity contribution is 6.78. The lowest BCUT2D eigenvalue weighted by atomic mass is 9.98. The number of ether oxygens (including phenoxy) is 2. The number of hydrogen-bond acceptors (Lipinski definition) is 4. The Morgan fingerprint density at radius 2 is 1.41 bits per heavy atom. The molecule has 1 aromatic carbocycles. The van der Waals surface area contributed by atoms with E-state index in [1.807, 2.05) is 30.3 Å². The number of rotatable bonds is 7. The van der Waals surface area contributed by atoms with Crippen LogP contribution in [0.4, 0.5) is 0 Å². The highest BCUT2D eigenvalue weighted by Crippen LogP contribution is 2.35. The van der Waals surface area contributed by atoms with Crippen LogP contribution in [-0.2, 0) is 19.1 Å². The van der Waals surface area contributed by atoms with Crippen molar-refractivity contribution in [3.8, 4) is 0 Å². The molecule has 0 aliphatic heterocycles. The molecule has 0 aliphatic carbocycles. The molecule has 0 saturated carbocycles. The van der Waals surface area contributed by atoms with Crippen LogP contribution in [0.3, 0.4) is 0 Å². The van der Waals surface area contributed by atoms with E-state index in [1.165, 1.54) is 0 Å². The maximum atomic E-state index is 12.4. The lowest BCUT2D eigenvalue weighted by molar-refractivity contribution is -0.161. The van der Waals surface area contributed by atoms with Crippen LogP contribution in [0.1, 0.15) is 25.0 Å². The molecule has 0 amide bonds. The maximum Gasteiger partial charge on any atom is 0.320 e. The fourth-order valence-electron chi connectivity index (χ4n) is 2.69. The summed E-state index contributed by atoms with van der Waals surface area (Å²) in [5, 5.41) is 0. The molecule has 0 aliphatic rings. The van der Waals surface area contributed by atoms with Crippen LogP contribution < -0.4 is 0 Å². The first-order valence-corrected chi connectivity index (χ1v) is 11.3. The zero-order valence-corrected chi connectivity index (χ0v) is 15.1. The first-order chi connectivity index (χ1) is 10.3. The van der Waals surface area contributed by atoms with Crippen LogP contribution in [-0.4, -0.2) is 33.2 Å². The smallest absolute Gasteiger partial charge is 0.320 e. The van der Waals surface area contributed by atoms with Gasteiger partial charge in [-0.05, 0) is 19.4 Å². The van der Waals surface area contributed by atoms with Gasteiger partial charge in [-0.15, -0.1) is 0 Å². The molecule has 5 heteroatoms. The standard InChI is InChI=1S/C17H26O4Si/c1-6-20-16(18)14(17(19)21-7-2)15(22(3,4)5)13-11-9-8-10-12-13/h8-12,14-15H,6-7H2,1-5H3. The van der Waals surface area contributed by atoms with E-state index in [4.69, 9.17) is 9.47 Å². The Balaban J connectivity index is 3.30. The Labute approximate surface area is 133 Å². The predicted octanol–water partition coefficient (Wildman–Crippen LogP) is 3.39. The molecule has 0 radical (unpaired) electrons. The van der Waals surface area contributed by atoms with Crippen LogP contribution in [0.2, 0.25) is 19.6 Å². The highest BCUT2D eigenvalue weighted by atomic mass is 28.3. The molecule has 4 nitrogen and oxygen atoms in total. The number of hydrogen-bond donors (Lipinski definition) is 0. The van der Waals surface area contributed by atoms with E-state index in [9.17, 15) is 9.59 Å². The molecule has 0 saturated heterocycles. The van der Waals surface area contributed by atoms with Crippen molar-refractivity contribution in [3.63, 3.8) is 0 Å². The first kappa shape index (κ1) is 18.4. The van der Waals surface area contributed by atoms with E-state index in [0.717, 1.165) is 5.56 Å². The third-order valence-electron chi connectivity index (χ3n) is 3.51. The fraction of sp³-hybridized carbons (Fsp3) is 0.529. The number of carbonyl (C=O) groups excluding carboxylic acids is 2. The van der Waals surface area contributed by atoms with Gasteiger partial charge in [-0.2, -0.15) is 0 Å². The van der Waals surface area contributed by atoms with Crippen molar-refractivity contribution in [1.29, 1.82) is 0 Å². The second-order valence-corrected chi connectivity index (χ2v) is 11.6. The molecule has 0 bridgehead atoms. The lowest BCUT2D eigenvalue weighted by Crippen LogP contribution is -2.44. The van der Waals surface area contributed by atoms with Gasteiger partial charge in [-0.1, -0.05) is 50.0 Å². The number of esters is 2. The zero-order valence-electron chi connectivity index (χ0n) is 14.1. The molecule has 1 unspecified atom stereocenters. The third-order valence-corrected chi connectivity index (χ3v) is 6.04. The normalized spacial score (nSPS) is 12.8. The minimum Gasteiger partial charge on any atom is -0.465 e. The Morgan fingerprint density at radius 1 is 0.955 bits per heavy atom. The summed E-state index contributed by atoms with van der Waals surface area (Å²) in [5.41, 5.74) is 0.819. The van der Waals surface area contributed by atoms with Crippen LogP contribution in [0.15, 0.2) is 30.3 Å². The molecule has 0 fully saturated rings. The minimum atomic E-state index is -1.88. The minimum absolute atomic E-state index is 0.174. The van der Waals surface area contributed by atoms with E-state index in [1.54, 1.807) is 13.8 Å². The summed E-state index contributed by atoms with van der Waals surface area (Å²) in [7, 11) is -1.88. The van der Waals surface area contributed by atoms with E-state index in [-0.39, 0.29) is 18.8 Å². The SMILES string of the molecule is CCOC(=O)C(C(=O)OCC)C(c1ccccc1)[Si](C)(C)C. The first-order valence-electron chi connectivity index (χ1n) is 7.71. The van der Waals surface area contributed by atoms with Gasteiger partial charge in [0.1, 0.15) is 0 Å². The van der Waals surface area contributed by atoms with Crippen LogP contribution in [0.5, 0.6) is 0 Å². The molecule has 0 spiro atoms. The van der Waals surface area contributed by atoms with E-state index in [0.29, 0.717) is 0 Å². The maximum absolute atomic E-state index is 12.4. The summed E-state index contributed by atoms with van der Waals surface area (Å²) < 4.78 is 10.3. The van der Waals surface area contributed by atoms with Crippen molar-refractivity contribution in [2.75, 3.05) is 13.2 Å². The monoisotopic (exact) mass is 322 g/mol. The third kappa shape index (κ3) is 4.70. The average Bonchev–Trinajstić information content (AvgIpc) is 2.44. The van der Waals surface area contributed by atoms with Crippen molar-refractivity contribution in [3.05, 3.63) is 35.9 Å². The molecule has 22 heavy (non-hydrogen) atoms. The number of benzene rings is 1. The van der Waals surface area contributed by atoms with E-state index >= 15 is 0 Å². The molecule has 1 aromatic rings. The van der Waals surface area contributed by atoms with Crippen molar-refractivity contribution >= 4 is 20.0 Å². The predicted molar refractivity (Wildman–Crippen MR) is 89.3 cm³/mol. The van der Waals surface area contributed by atoms with Gasteiger partial charge in [0.05, 0.1) is 21.3 Å². The lowest BCUT2D eigenvalue weighted by Gasteiger charge is -2.33. The molecular formula is C17H26O4Si. The summed E-state index contributed by atoms with van der Waals surface area (Å²) in [6.07, 6.45) is 0. The topological polar surface area (TPSA) is 52.6 Å². The molecule has 0 aromatic heterocycles. The zero-order chi connectivity index (χ0) is 16.8. The second-order valence-electron chi connectivity index (χ2n) is 6.24. The van der Waals surface area contributed by atoms with E-state index in [2.05, 4.69) is 19.6 Å². The summed E-state index contributed by atoms with van der Waals surface area (Å²) in [5.74, 6) is -1.87. The van der Waals surface area contributed by atoms with Gasteiger partial charge in [-0.25, -0.2) is 0 Å². The van der Waals surface area contributed by atoms with Gasteiger partial charge in [0.25, 0.3) is 0 Å². The van der Waals surface area contributed by atoms with Gasteiger partial charge in [0.2, 0.25) is 0 Å². The summed E-state index contributed by atoms with van der Waals surface area (Å²) in [6.45, 7) is 10.4. The largest absolute Gasteiger partial charge is 0.465 e. The quantitative estimate of drug-likeness (QED) is 0.439. The van der Waals surface area contributed by atoms with Gasteiger partial charge in [0.15, 0.2) is 5.92 Å². The Kier molecular flexibility index (Phi) is 6.81. The van der Waals surface area contributed by atoms with Gasteiger partial charge < -0.3 is 9.47 Å². The summed E-state index contributed by atoms with van der Waals surface area (Å²) in [4.78, 5) is 24.8. The van der Waals surface area contributed by atoms with Crippen molar-refractivity contribution < 1.29 is 19.1 Å². The van der Waals surface area contributed by atoms with Crippen LogP contribution in [0, 0.1) is 5.92 Å². The highest BCUT2D eigenvalue weighted by Gasteiger charge is 2.44. The van der Waals surface area contributed by atoms with Crippen molar-refractivity contribution in [2.45, 2.75) is 39.0 Å². The molecule has 122 valence electrons. The Hall–Kier alpha value is -1.62. The Bertz CT molecular complexity index is 475. The van der Waals surface area contributed by atoms with Gasteiger partial charge >= 0.3 is 11.9 Å². The average molecular weight is 322 g/mol. The molecule has 0 N–H and O–H groups in total. The number of carbonyl (C=O) groups is 2. The molecular weight excluding hydrogens is 296 g/mol. The molecule has 0 heterocycles. The summed E-state index contributed by atoms with van der Waals surface area (Å²) >= 11 is 0. The second kappa shape index (κ2) is 8.13. The van der Waals surface area contributed by atoms with Crippen molar-refractivity contribution in [2.24, 2.45) is 5.92 Å². The van der Waals surface area contributed by atoms with Crippen LogP contribution >= 0.6 is 0 Å². The van der Waals surface area contributed by atoms with Crippen LogP contribution in [0.25, 0.3) is 0 Å². The summed E-state index contributed by atoms with van der Waals surface area (Å²) in [6, 6.07) is 9.71. The van der Waals surface area contributed by atoms with E-state index < -0.39 is 25.9 Å². The van der Waals surface area contributed by atoms with Gasteiger partial charge in [-0.3, -0.25) is 9.59 Å². The fourth-order valence-corrected chi connectivity index (χ4v) is 5.15. The van der Waals surface area contributed by atoms with Gasteiger partial charge in [0, 0.05) is 5.54 Å². The molecule has 1 atom stereocenters. The van der Waals surface area contributed by atoms with Crippen molar-refractivity contribution in [1.82, 2.24) is 0 Å².